The van der Waals surface area contributed by atoms with Gasteiger partial charge < -0.3 is 20.4 Å². The minimum Gasteiger partial charge on any atom is -0.354 e. The number of amides is 1. The second-order valence-electron chi connectivity index (χ2n) is 11.3. The number of anilines is 2. The Morgan fingerprint density at radius 3 is 2.55 bits per heavy atom. The Hall–Kier alpha value is -3.59. The molecule has 2 heterocycles. The van der Waals surface area contributed by atoms with Crippen molar-refractivity contribution in [1.29, 1.82) is 0 Å². The molecule has 1 amide bonds. The van der Waals surface area contributed by atoms with Gasteiger partial charge in [0.25, 0.3) is 0 Å². The van der Waals surface area contributed by atoms with E-state index in [1.54, 1.807) is 0 Å². The number of carbonyl (C=O) groups excluding carboxylic acids is 1. The van der Waals surface area contributed by atoms with Gasteiger partial charge in [-0.25, -0.2) is 9.97 Å². The number of aromatic nitrogens is 2. The summed E-state index contributed by atoms with van der Waals surface area (Å²) in [6, 6.07) is 24.6. The Kier molecular flexibility index (Phi) is 8.93. The van der Waals surface area contributed by atoms with Crippen LogP contribution in [0, 0.1) is 0 Å². The number of hydrogen-bond donors (Lipinski definition) is 2. The van der Waals surface area contributed by atoms with Gasteiger partial charge in [0.05, 0.1) is 12.1 Å². The predicted molar refractivity (Wildman–Crippen MR) is 173 cm³/mol. The molecule has 6 rings (SSSR count). The van der Waals surface area contributed by atoms with Crippen molar-refractivity contribution in [3.05, 3.63) is 106 Å². The molecular weight excluding hydrogens is 588 g/mol. The fraction of sp³-hybridized carbons (Fsp3) is 0.324. The highest BCUT2D eigenvalue weighted by atomic mass is 79.9. The first kappa shape index (κ1) is 28.5. The van der Waals surface area contributed by atoms with E-state index in [1.165, 1.54) is 11.1 Å². The second kappa shape index (κ2) is 13.2. The first-order valence-electron chi connectivity index (χ1n) is 14.8. The molecule has 8 heteroatoms. The summed E-state index contributed by atoms with van der Waals surface area (Å²) in [5, 5.41) is 6.50. The zero-order valence-electron chi connectivity index (χ0n) is 24.0. The monoisotopic (exact) mass is 624 g/mol. The Bertz CT molecular complexity index is 1530. The van der Waals surface area contributed by atoms with Crippen LogP contribution in [0.4, 0.5) is 11.6 Å². The molecule has 1 atom stereocenters. The van der Waals surface area contributed by atoms with Crippen LogP contribution < -0.4 is 10.6 Å². The summed E-state index contributed by atoms with van der Waals surface area (Å²) in [6.45, 7) is 6.55. The van der Waals surface area contributed by atoms with Gasteiger partial charge in [-0.15, -0.1) is 0 Å². The van der Waals surface area contributed by atoms with Crippen molar-refractivity contribution in [3.8, 4) is 11.3 Å². The van der Waals surface area contributed by atoms with Crippen LogP contribution in [0.25, 0.3) is 11.3 Å². The van der Waals surface area contributed by atoms with Crippen molar-refractivity contribution in [3.63, 3.8) is 0 Å². The van der Waals surface area contributed by atoms with Crippen molar-refractivity contribution in [2.45, 2.75) is 25.2 Å². The van der Waals surface area contributed by atoms with Gasteiger partial charge in [0, 0.05) is 60.6 Å². The molecule has 1 aromatic heterocycles. The average molecular weight is 626 g/mol. The lowest BCUT2D eigenvalue weighted by Crippen LogP contribution is -2.44. The first-order chi connectivity index (χ1) is 20.5. The molecular formula is C34H37BrN6O. The van der Waals surface area contributed by atoms with E-state index in [1.807, 2.05) is 42.6 Å². The molecule has 1 fully saturated rings. The molecule has 4 aromatic rings. The van der Waals surface area contributed by atoms with E-state index in [0.29, 0.717) is 12.4 Å². The molecule has 0 bridgehead atoms. The summed E-state index contributed by atoms with van der Waals surface area (Å²) in [5.41, 5.74) is 7.60. The maximum atomic E-state index is 12.7. The Morgan fingerprint density at radius 2 is 1.74 bits per heavy atom. The fourth-order valence-corrected chi connectivity index (χ4v) is 6.34. The van der Waals surface area contributed by atoms with Crippen molar-refractivity contribution in [2.24, 2.45) is 0 Å². The molecule has 7 nitrogen and oxygen atoms in total. The number of likely N-dealkylation sites (N-methyl/N-ethyl adjacent to an activating group) is 1. The summed E-state index contributed by atoms with van der Waals surface area (Å²) in [6.07, 6.45) is 4.22. The highest BCUT2D eigenvalue weighted by Crippen LogP contribution is 2.42. The quantitative estimate of drug-likeness (QED) is 0.229. The third kappa shape index (κ3) is 6.72. The summed E-state index contributed by atoms with van der Waals surface area (Å²) in [5.74, 6) is 0.861. The Labute approximate surface area is 256 Å². The lowest BCUT2D eigenvalue weighted by atomic mass is 9.78. The van der Waals surface area contributed by atoms with Crippen LogP contribution in [0.2, 0.25) is 0 Å². The van der Waals surface area contributed by atoms with E-state index in [9.17, 15) is 4.79 Å². The number of nitrogens with zero attached hydrogens (tertiary/aromatic N) is 4. The summed E-state index contributed by atoms with van der Waals surface area (Å²) < 4.78 is 0.944. The first-order valence-corrected chi connectivity index (χ1v) is 15.6. The molecule has 1 aliphatic heterocycles. The zero-order valence-corrected chi connectivity index (χ0v) is 25.6. The highest BCUT2D eigenvalue weighted by molar-refractivity contribution is 9.10. The van der Waals surface area contributed by atoms with E-state index in [4.69, 9.17) is 4.98 Å². The molecule has 216 valence electrons. The fourth-order valence-electron chi connectivity index (χ4n) is 5.91. The van der Waals surface area contributed by atoms with Crippen LogP contribution in [-0.2, 0) is 17.6 Å². The predicted octanol–water partition coefficient (Wildman–Crippen LogP) is 5.82. The van der Waals surface area contributed by atoms with Gasteiger partial charge in [-0.2, -0.15) is 0 Å². The number of nitrogens with one attached hydrogen (secondary N) is 2. The van der Waals surface area contributed by atoms with E-state index in [0.717, 1.165) is 84.7 Å². The number of rotatable bonds is 9. The summed E-state index contributed by atoms with van der Waals surface area (Å²) in [4.78, 5) is 27.2. The smallest absolute Gasteiger partial charge is 0.228 e. The van der Waals surface area contributed by atoms with Gasteiger partial charge in [0.2, 0.25) is 11.9 Å². The molecule has 0 radical (unpaired) electrons. The SMILES string of the molecule is CN1CCN(CCCNc2ncc3c(n2)-c2ccccc2C(c2ccc(NC(=O)Cc4ccccc4Br)cc2)C3)CC1. The number of carbonyl (C=O) groups is 1. The third-order valence-corrected chi connectivity index (χ3v) is 9.09. The molecule has 0 saturated carbocycles. The lowest BCUT2D eigenvalue weighted by Gasteiger charge is -2.32. The van der Waals surface area contributed by atoms with Crippen LogP contribution in [-0.4, -0.2) is 72.0 Å². The van der Waals surface area contributed by atoms with Gasteiger partial charge in [0.15, 0.2) is 0 Å². The molecule has 2 N–H and O–H groups in total. The normalized spacial score (nSPS) is 16.9. The molecule has 0 spiro atoms. The van der Waals surface area contributed by atoms with Crippen LogP contribution in [0.15, 0.2) is 83.5 Å². The minimum atomic E-state index is -0.0347. The maximum Gasteiger partial charge on any atom is 0.228 e. The topological polar surface area (TPSA) is 73.4 Å². The standard InChI is InChI=1S/C34H37BrN6O/c1-40-17-19-41(20-18-40)16-6-15-36-34-37-23-26-21-30(28-8-3-4-9-29(28)33(26)39-34)24-11-13-27(14-12-24)38-32(42)22-25-7-2-5-10-31(25)35/h2-5,7-14,23,30H,6,15-22H2,1H3,(H,38,42)(H,36,37,39). The van der Waals surface area contributed by atoms with Crippen LogP contribution >= 0.6 is 15.9 Å². The Morgan fingerprint density at radius 1 is 0.976 bits per heavy atom. The molecule has 2 aliphatic rings. The molecule has 1 aliphatic carbocycles. The molecule has 3 aromatic carbocycles. The second-order valence-corrected chi connectivity index (χ2v) is 12.1. The lowest BCUT2D eigenvalue weighted by molar-refractivity contribution is -0.115. The summed E-state index contributed by atoms with van der Waals surface area (Å²) in [7, 11) is 2.19. The van der Waals surface area contributed by atoms with E-state index < -0.39 is 0 Å². The largest absolute Gasteiger partial charge is 0.354 e. The number of hydrogen-bond acceptors (Lipinski definition) is 6. The van der Waals surface area contributed by atoms with Crippen molar-refractivity contribution < 1.29 is 4.79 Å². The summed E-state index contributed by atoms with van der Waals surface area (Å²) >= 11 is 3.53. The molecule has 1 saturated heterocycles. The molecule has 1 unspecified atom stereocenters. The number of halogens is 1. The van der Waals surface area contributed by atoms with Gasteiger partial charge >= 0.3 is 0 Å². The number of benzene rings is 3. The van der Waals surface area contributed by atoms with Crippen LogP contribution in [0.3, 0.4) is 0 Å². The average Bonchev–Trinajstić information content (AvgIpc) is 3.01. The molecule has 42 heavy (non-hydrogen) atoms. The van der Waals surface area contributed by atoms with Crippen molar-refractivity contribution in [2.75, 3.05) is 56.9 Å². The van der Waals surface area contributed by atoms with Crippen LogP contribution in [0.5, 0.6) is 0 Å². The van der Waals surface area contributed by atoms with E-state index >= 15 is 0 Å². The van der Waals surface area contributed by atoms with E-state index in [2.05, 4.69) is 84.8 Å². The van der Waals surface area contributed by atoms with Crippen molar-refractivity contribution >= 4 is 33.5 Å². The van der Waals surface area contributed by atoms with Gasteiger partial charge in [-0.1, -0.05) is 70.5 Å². The van der Waals surface area contributed by atoms with Crippen molar-refractivity contribution in [1.82, 2.24) is 19.8 Å². The zero-order chi connectivity index (χ0) is 28.9. The Balaban J connectivity index is 1.10. The van der Waals surface area contributed by atoms with E-state index in [-0.39, 0.29) is 11.8 Å². The maximum absolute atomic E-state index is 12.7. The van der Waals surface area contributed by atoms with Gasteiger partial charge in [-0.3, -0.25) is 4.79 Å². The minimum absolute atomic E-state index is 0.0347. The highest BCUT2D eigenvalue weighted by Gasteiger charge is 2.27. The van der Waals surface area contributed by atoms with Gasteiger partial charge in [0.1, 0.15) is 0 Å². The van der Waals surface area contributed by atoms with Gasteiger partial charge in [-0.05, 0) is 66.9 Å². The number of fused-ring (bicyclic) bond motifs is 3. The third-order valence-electron chi connectivity index (χ3n) is 8.32. The van der Waals surface area contributed by atoms with Crippen LogP contribution in [0.1, 0.15) is 34.6 Å². The number of piperazine rings is 1.